The molecule has 0 spiro atoms. The number of benzene rings is 1. The molecule has 1 aliphatic heterocycles. The molecule has 1 aliphatic rings. The van der Waals surface area contributed by atoms with Crippen LogP contribution in [0.2, 0.25) is 0 Å². The lowest BCUT2D eigenvalue weighted by Crippen LogP contribution is -2.30. The van der Waals surface area contributed by atoms with Gasteiger partial charge in [0, 0.05) is 37.2 Å². The Balaban J connectivity index is 1.94. The first-order valence-electron chi connectivity index (χ1n) is 7.93. The van der Waals surface area contributed by atoms with Gasteiger partial charge in [0.1, 0.15) is 5.75 Å². The lowest BCUT2D eigenvalue weighted by atomic mass is 10.0. The Morgan fingerprint density at radius 3 is 2.59 bits per heavy atom. The summed E-state index contributed by atoms with van der Waals surface area (Å²) < 4.78 is 7.45. The third-order valence-electron chi connectivity index (χ3n) is 4.18. The van der Waals surface area contributed by atoms with Crippen LogP contribution in [-0.4, -0.2) is 23.4 Å². The lowest BCUT2D eigenvalue weighted by molar-refractivity contribution is 0.338. The minimum Gasteiger partial charge on any atom is -0.497 e. The van der Waals surface area contributed by atoms with Crippen molar-refractivity contribution in [3.05, 3.63) is 46.8 Å². The Morgan fingerprint density at radius 2 is 1.95 bits per heavy atom. The van der Waals surface area contributed by atoms with Crippen LogP contribution >= 0.6 is 0 Å². The van der Waals surface area contributed by atoms with Crippen molar-refractivity contribution in [2.24, 2.45) is 0 Å². The van der Waals surface area contributed by atoms with E-state index in [2.05, 4.69) is 42.9 Å². The molecule has 1 N–H and O–H groups in total. The monoisotopic (exact) mass is 299 g/mol. The highest BCUT2D eigenvalue weighted by atomic mass is 16.5. The van der Waals surface area contributed by atoms with E-state index < -0.39 is 0 Å². The van der Waals surface area contributed by atoms with Crippen molar-refractivity contribution < 1.29 is 4.74 Å². The zero-order chi connectivity index (χ0) is 15.7. The Kier molecular flexibility index (Phi) is 3.96. The number of fused-ring (bicyclic) bond motifs is 1. The fourth-order valence-electron chi connectivity index (χ4n) is 3.05. The number of methoxy groups -OCH3 is 1. The largest absolute Gasteiger partial charge is 0.497 e. The maximum atomic E-state index is 5.23. The first kappa shape index (κ1) is 15.1. The molecular formula is C18H25N3O. The average molecular weight is 299 g/mol. The molecule has 0 amide bonds. The van der Waals surface area contributed by atoms with Crippen LogP contribution < -0.4 is 10.1 Å². The van der Waals surface area contributed by atoms with Gasteiger partial charge in [-0.2, -0.15) is 5.10 Å². The van der Waals surface area contributed by atoms with E-state index in [1.54, 1.807) is 7.11 Å². The molecule has 1 aromatic carbocycles. The quantitative estimate of drug-likeness (QED) is 0.947. The Bertz CT molecular complexity index is 650. The summed E-state index contributed by atoms with van der Waals surface area (Å²) in [4.78, 5) is 0. The maximum Gasteiger partial charge on any atom is 0.118 e. The third-order valence-corrected chi connectivity index (χ3v) is 4.18. The summed E-state index contributed by atoms with van der Waals surface area (Å²) in [6, 6.07) is 8.27. The van der Waals surface area contributed by atoms with Gasteiger partial charge in [-0.3, -0.25) is 4.68 Å². The number of aromatic nitrogens is 2. The fraction of sp³-hybridized carbons (Fsp3) is 0.500. The van der Waals surface area contributed by atoms with E-state index in [0.29, 0.717) is 0 Å². The van der Waals surface area contributed by atoms with E-state index >= 15 is 0 Å². The second-order valence-corrected chi connectivity index (χ2v) is 6.91. The van der Waals surface area contributed by atoms with E-state index in [9.17, 15) is 0 Å². The third kappa shape index (κ3) is 2.88. The van der Waals surface area contributed by atoms with Crippen molar-refractivity contribution in [1.82, 2.24) is 15.1 Å². The minimum atomic E-state index is 0.0274. The van der Waals surface area contributed by atoms with Crippen LogP contribution in [0.3, 0.4) is 0 Å². The fourth-order valence-corrected chi connectivity index (χ4v) is 3.05. The molecule has 2 aromatic rings. The second-order valence-electron chi connectivity index (χ2n) is 6.91. The van der Waals surface area contributed by atoms with Crippen molar-refractivity contribution in [3.8, 4) is 5.75 Å². The van der Waals surface area contributed by atoms with Gasteiger partial charge in [-0.25, -0.2) is 0 Å². The first-order chi connectivity index (χ1) is 10.5. The number of nitrogens with one attached hydrogen (secondary N) is 1. The summed E-state index contributed by atoms with van der Waals surface area (Å²) >= 11 is 0. The van der Waals surface area contributed by atoms with E-state index in [1.165, 1.54) is 22.5 Å². The van der Waals surface area contributed by atoms with Gasteiger partial charge in [-0.05, 0) is 38.5 Å². The summed E-state index contributed by atoms with van der Waals surface area (Å²) in [7, 11) is 1.70. The van der Waals surface area contributed by atoms with E-state index in [1.807, 2.05) is 12.1 Å². The van der Waals surface area contributed by atoms with Gasteiger partial charge in [0.2, 0.25) is 0 Å². The molecule has 1 aromatic heterocycles. The predicted molar refractivity (Wildman–Crippen MR) is 88.4 cm³/mol. The number of rotatable bonds is 3. The summed E-state index contributed by atoms with van der Waals surface area (Å²) in [5.41, 5.74) is 5.28. The van der Waals surface area contributed by atoms with Gasteiger partial charge < -0.3 is 10.1 Å². The van der Waals surface area contributed by atoms with Gasteiger partial charge in [-0.1, -0.05) is 12.1 Å². The first-order valence-corrected chi connectivity index (χ1v) is 7.93. The van der Waals surface area contributed by atoms with Crippen LogP contribution in [0.5, 0.6) is 5.75 Å². The summed E-state index contributed by atoms with van der Waals surface area (Å²) in [6.45, 7) is 8.63. The van der Waals surface area contributed by atoms with Gasteiger partial charge in [0.15, 0.2) is 0 Å². The number of hydrogen-bond acceptors (Lipinski definition) is 3. The van der Waals surface area contributed by atoms with Crippen LogP contribution in [0.4, 0.5) is 0 Å². The SMILES string of the molecule is COc1ccc(Cc2nn(C(C)(C)C)c3c2CNCC3)cc1. The summed E-state index contributed by atoms with van der Waals surface area (Å²) in [5, 5.41) is 8.42. The van der Waals surface area contributed by atoms with E-state index in [-0.39, 0.29) is 5.54 Å². The van der Waals surface area contributed by atoms with Crippen LogP contribution in [0.1, 0.15) is 43.3 Å². The Labute approximate surface area is 132 Å². The van der Waals surface area contributed by atoms with Crippen molar-refractivity contribution >= 4 is 0 Å². The molecule has 3 rings (SSSR count). The minimum absolute atomic E-state index is 0.0274. The molecule has 4 nitrogen and oxygen atoms in total. The molecular weight excluding hydrogens is 274 g/mol. The molecule has 0 fully saturated rings. The molecule has 0 radical (unpaired) electrons. The zero-order valence-corrected chi connectivity index (χ0v) is 13.9. The molecule has 2 heterocycles. The molecule has 0 saturated carbocycles. The van der Waals surface area contributed by atoms with Crippen LogP contribution in [0, 0.1) is 0 Å². The molecule has 0 atom stereocenters. The summed E-state index contributed by atoms with van der Waals surface area (Å²) in [6.07, 6.45) is 1.93. The maximum absolute atomic E-state index is 5.23. The normalized spacial score (nSPS) is 14.7. The van der Waals surface area contributed by atoms with Crippen molar-refractivity contribution in [2.75, 3.05) is 13.7 Å². The molecule has 0 saturated heterocycles. The van der Waals surface area contributed by atoms with Gasteiger partial charge in [0.25, 0.3) is 0 Å². The Hall–Kier alpha value is -1.81. The van der Waals surface area contributed by atoms with Gasteiger partial charge in [-0.15, -0.1) is 0 Å². The molecule has 22 heavy (non-hydrogen) atoms. The standard InChI is InChI=1S/C18H25N3O/c1-18(2,3)21-17-9-10-19-12-15(17)16(20-21)11-13-5-7-14(22-4)8-6-13/h5-8,19H,9-12H2,1-4H3. The highest BCUT2D eigenvalue weighted by molar-refractivity contribution is 5.35. The van der Waals surface area contributed by atoms with Crippen molar-refractivity contribution in [2.45, 2.75) is 45.7 Å². The van der Waals surface area contributed by atoms with Crippen LogP contribution in [0.25, 0.3) is 0 Å². The van der Waals surface area contributed by atoms with Gasteiger partial charge >= 0.3 is 0 Å². The van der Waals surface area contributed by atoms with Crippen molar-refractivity contribution in [3.63, 3.8) is 0 Å². The number of nitrogens with zero attached hydrogens (tertiary/aromatic N) is 2. The molecule has 0 bridgehead atoms. The van der Waals surface area contributed by atoms with Crippen molar-refractivity contribution in [1.29, 1.82) is 0 Å². The van der Waals surface area contributed by atoms with Crippen LogP contribution in [0.15, 0.2) is 24.3 Å². The highest BCUT2D eigenvalue weighted by Crippen LogP contribution is 2.26. The summed E-state index contributed by atoms with van der Waals surface area (Å²) in [5.74, 6) is 0.896. The second kappa shape index (κ2) is 5.76. The molecule has 4 heteroatoms. The van der Waals surface area contributed by atoms with Crippen LogP contribution in [-0.2, 0) is 24.9 Å². The van der Waals surface area contributed by atoms with Gasteiger partial charge in [0.05, 0.1) is 18.3 Å². The zero-order valence-electron chi connectivity index (χ0n) is 13.9. The number of ether oxygens (including phenoxy) is 1. The van der Waals surface area contributed by atoms with E-state index in [4.69, 9.17) is 9.84 Å². The molecule has 0 unspecified atom stereocenters. The predicted octanol–water partition coefficient (Wildman–Crippen LogP) is 2.88. The molecule has 118 valence electrons. The number of hydrogen-bond donors (Lipinski definition) is 1. The lowest BCUT2D eigenvalue weighted by Gasteiger charge is -2.24. The highest BCUT2D eigenvalue weighted by Gasteiger charge is 2.26. The average Bonchev–Trinajstić information content (AvgIpc) is 2.87. The molecule has 0 aliphatic carbocycles. The topological polar surface area (TPSA) is 39.1 Å². The van der Waals surface area contributed by atoms with E-state index in [0.717, 1.165) is 31.7 Å². The smallest absolute Gasteiger partial charge is 0.118 e. The Morgan fingerprint density at radius 1 is 1.23 bits per heavy atom.